The van der Waals surface area contributed by atoms with Crippen LogP contribution in [0.25, 0.3) is 0 Å². The molecule has 1 atom stereocenters. The lowest BCUT2D eigenvalue weighted by Crippen LogP contribution is -2.35. The lowest BCUT2D eigenvalue weighted by Gasteiger charge is -2.21. The summed E-state index contributed by atoms with van der Waals surface area (Å²) < 4.78 is 18.9. The Kier molecular flexibility index (Phi) is 5.51. The van der Waals surface area contributed by atoms with Crippen LogP contribution in [0.4, 0.5) is 4.39 Å². The number of primary amides is 1. The number of hydrogen-bond acceptors (Lipinski definition) is 3. The van der Waals surface area contributed by atoms with Gasteiger partial charge in [0.05, 0.1) is 12.5 Å². The number of carbonyl (C=O) groups is 1. The van der Waals surface area contributed by atoms with Gasteiger partial charge in [-0.1, -0.05) is 6.92 Å². The van der Waals surface area contributed by atoms with E-state index in [0.717, 1.165) is 5.56 Å². The van der Waals surface area contributed by atoms with E-state index in [1.54, 1.807) is 13.0 Å². The number of carbonyl (C=O) groups excluding carboxylic acids is 1. The number of halogens is 1. The summed E-state index contributed by atoms with van der Waals surface area (Å²) in [4.78, 5) is 10.9. The van der Waals surface area contributed by atoms with E-state index in [1.165, 1.54) is 12.1 Å². The van der Waals surface area contributed by atoms with E-state index in [2.05, 4.69) is 5.32 Å². The van der Waals surface area contributed by atoms with Crippen molar-refractivity contribution in [2.24, 2.45) is 11.7 Å². The van der Waals surface area contributed by atoms with Gasteiger partial charge in [-0.2, -0.15) is 0 Å². The molecule has 5 heteroatoms. The van der Waals surface area contributed by atoms with E-state index >= 15 is 0 Å². The van der Waals surface area contributed by atoms with Gasteiger partial charge in [-0.15, -0.1) is 0 Å². The normalized spacial score (nSPS) is 13.1. The lowest BCUT2D eigenvalue weighted by atomic mass is 10.1. The molecule has 3 N–H and O–H groups in total. The molecule has 0 spiro atoms. The van der Waals surface area contributed by atoms with Crippen LogP contribution in [0.1, 0.15) is 33.3 Å². The molecule has 1 unspecified atom stereocenters. The topological polar surface area (TPSA) is 64.3 Å². The summed E-state index contributed by atoms with van der Waals surface area (Å²) >= 11 is 0. The van der Waals surface area contributed by atoms with E-state index < -0.39 is 11.8 Å². The molecule has 1 aromatic carbocycles. The minimum atomic E-state index is -0.434. The molecule has 1 aromatic rings. The molecule has 0 aliphatic heterocycles. The zero-order chi connectivity index (χ0) is 15.3. The Morgan fingerprint density at radius 1 is 1.40 bits per heavy atom. The van der Waals surface area contributed by atoms with Crippen LogP contribution < -0.4 is 15.8 Å². The number of rotatable bonds is 6. The quantitative estimate of drug-likeness (QED) is 0.841. The molecule has 20 heavy (non-hydrogen) atoms. The van der Waals surface area contributed by atoms with Crippen molar-refractivity contribution >= 4 is 5.91 Å². The fourth-order valence-corrected chi connectivity index (χ4v) is 1.48. The minimum Gasteiger partial charge on any atom is -0.493 e. The van der Waals surface area contributed by atoms with E-state index in [1.807, 2.05) is 20.8 Å². The highest BCUT2D eigenvalue weighted by Crippen LogP contribution is 2.18. The minimum absolute atomic E-state index is 0.0478. The Morgan fingerprint density at radius 2 is 2.05 bits per heavy atom. The fraction of sp³-hybridized carbons (Fsp3) is 0.533. The van der Waals surface area contributed by atoms with Crippen molar-refractivity contribution in [1.29, 1.82) is 0 Å². The van der Waals surface area contributed by atoms with E-state index in [4.69, 9.17) is 10.5 Å². The van der Waals surface area contributed by atoms with Crippen molar-refractivity contribution in [3.8, 4) is 5.75 Å². The van der Waals surface area contributed by atoms with Gasteiger partial charge in [0.2, 0.25) is 5.91 Å². The first kappa shape index (κ1) is 16.4. The average molecular weight is 282 g/mol. The maximum Gasteiger partial charge on any atom is 0.223 e. The van der Waals surface area contributed by atoms with Gasteiger partial charge in [-0.3, -0.25) is 4.79 Å². The lowest BCUT2D eigenvalue weighted by molar-refractivity contribution is -0.122. The fourth-order valence-electron chi connectivity index (χ4n) is 1.48. The molecule has 4 nitrogen and oxygen atoms in total. The average Bonchev–Trinajstić information content (AvgIpc) is 2.32. The molecule has 0 aromatic heterocycles. The molecule has 1 rings (SSSR count). The van der Waals surface area contributed by atoms with Gasteiger partial charge in [0.1, 0.15) is 11.6 Å². The molecule has 0 saturated carbocycles. The molecule has 112 valence electrons. The third-order valence-corrected chi connectivity index (χ3v) is 2.74. The van der Waals surface area contributed by atoms with Crippen LogP contribution in [0.15, 0.2) is 18.2 Å². The summed E-state index contributed by atoms with van der Waals surface area (Å²) in [7, 11) is 0. The maximum atomic E-state index is 13.5. The first-order valence-electron chi connectivity index (χ1n) is 6.64. The van der Waals surface area contributed by atoms with Crippen molar-refractivity contribution in [2.75, 3.05) is 6.61 Å². The Bertz CT molecular complexity index is 469. The second-order valence-corrected chi connectivity index (χ2v) is 6.01. The third-order valence-electron chi connectivity index (χ3n) is 2.74. The number of nitrogens with one attached hydrogen (secondary N) is 1. The summed E-state index contributed by atoms with van der Waals surface area (Å²) in [6, 6.07) is 4.52. The Morgan fingerprint density at radius 3 is 2.60 bits per heavy atom. The summed E-state index contributed by atoms with van der Waals surface area (Å²) in [6.45, 7) is 8.48. The van der Waals surface area contributed by atoms with Gasteiger partial charge >= 0.3 is 0 Å². The zero-order valence-corrected chi connectivity index (χ0v) is 12.5. The van der Waals surface area contributed by atoms with Crippen molar-refractivity contribution in [3.05, 3.63) is 29.6 Å². The summed E-state index contributed by atoms with van der Waals surface area (Å²) in [5, 5.41) is 3.28. The standard InChI is InChI=1S/C15H23FN2O2/c1-10(14(17)19)9-20-13-6-11(5-12(16)7-13)8-18-15(2,3)4/h5-7,10,18H,8-9H2,1-4H3,(H2,17,19). The largest absolute Gasteiger partial charge is 0.493 e. The van der Waals surface area contributed by atoms with Crippen molar-refractivity contribution < 1.29 is 13.9 Å². The Balaban J connectivity index is 2.68. The van der Waals surface area contributed by atoms with Gasteiger partial charge in [0.15, 0.2) is 0 Å². The number of benzene rings is 1. The van der Waals surface area contributed by atoms with Crippen LogP contribution in [-0.2, 0) is 11.3 Å². The number of amides is 1. The van der Waals surface area contributed by atoms with Gasteiger partial charge in [0.25, 0.3) is 0 Å². The summed E-state index contributed by atoms with van der Waals surface area (Å²) in [5.74, 6) is -0.797. The van der Waals surface area contributed by atoms with Crippen LogP contribution >= 0.6 is 0 Å². The molecule has 0 aliphatic carbocycles. The predicted octanol–water partition coefficient (Wildman–Crippen LogP) is 2.21. The van der Waals surface area contributed by atoms with Crippen molar-refractivity contribution in [1.82, 2.24) is 5.32 Å². The molecule has 0 heterocycles. The molecular formula is C15H23FN2O2. The number of ether oxygens (including phenoxy) is 1. The van der Waals surface area contributed by atoms with Gasteiger partial charge in [-0.25, -0.2) is 4.39 Å². The van der Waals surface area contributed by atoms with Gasteiger partial charge < -0.3 is 15.8 Å². The molecular weight excluding hydrogens is 259 g/mol. The predicted molar refractivity (Wildman–Crippen MR) is 76.8 cm³/mol. The van der Waals surface area contributed by atoms with Crippen molar-refractivity contribution in [3.63, 3.8) is 0 Å². The highest BCUT2D eigenvalue weighted by molar-refractivity contribution is 5.76. The van der Waals surface area contributed by atoms with Crippen LogP contribution in [0, 0.1) is 11.7 Å². The highest BCUT2D eigenvalue weighted by Gasteiger charge is 2.12. The smallest absolute Gasteiger partial charge is 0.223 e. The Labute approximate surface area is 119 Å². The number of hydrogen-bond donors (Lipinski definition) is 2. The molecule has 0 saturated heterocycles. The van der Waals surface area contributed by atoms with Crippen LogP contribution in [0.5, 0.6) is 5.75 Å². The SMILES string of the molecule is CC(COc1cc(F)cc(CNC(C)(C)C)c1)C(N)=O. The zero-order valence-electron chi connectivity index (χ0n) is 12.5. The summed E-state index contributed by atoms with van der Waals surface area (Å²) in [5.41, 5.74) is 5.90. The van der Waals surface area contributed by atoms with E-state index in [9.17, 15) is 9.18 Å². The van der Waals surface area contributed by atoms with Gasteiger partial charge in [-0.05, 0) is 38.5 Å². The number of nitrogens with two attached hydrogens (primary N) is 1. The first-order chi connectivity index (χ1) is 9.17. The van der Waals surface area contributed by atoms with Crippen LogP contribution in [-0.4, -0.2) is 18.1 Å². The van der Waals surface area contributed by atoms with Gasteiger partial charge in [0, 0.05) is 18.2 Å². The second-order valence-electron chi connectivity index (χ2n) is 6.01. The molecule has 0 bridgehead atoms. The maximum absolute atomic E-state index is 13.5. The second kappa shape index (κ2) is 6.70. The summed E-state index contributed by atoms with van der Waals surface area (Å²) in [6.07, 6.45) is 0. The third kappa shape index (κ3) is 6.02. The van der Waals surface area contributed by atoms with Crippen LogP contribution in [0.2, 0.25) is 0 Å². The van der Waals surface area contributed by atoms with Crippen LogP contribution in [0.3, 0.4) is 0 Å². The monoisotopic (exact) mass is 282 g/mol. The molecule has 0 aliphatic rings. The molecule has 0 fully saturated rings. The highest BCUT2D eigenvalue weighted by atomic mass is 19.1. The van der Waals surface area contributed by atoms with E-state index in [0.29, 0.717) is 12.3 Å². The van der Waals surface area contributed by atoms with E-state index in [-0.39, 0.29) is 18.0 Å². The van der Waals surface area contributed by atoms with Crippen molar-refractivity contribution in [2.45, 2.75) is 39.8 Å². The molecule has 1 amide bonds. The molecule has 0 radical (unpaired) electrons. The Hall–Kier alpha value is -1.62. The first-order valence-corrected chi connectivity index (χ1v) is 6.64.